The molecule has 10 nitrogen and oxygen atoms in total. The molecule has 3 aromatic carbocycles. The van der Waals surface area contributed by atoms with Gasteiger partial charge in [-0.05, 0) is 56.3 Å². The van der Waals surface area contributed by atoms with Gasteiger partial charge in [0.1, 0.15) is 0 Å². The number of sulfonamides is 1. The number of benzene rings is 3. The number of rotatable bonds is 7. The lowest BCUT2D eigenvalue weighted by Crippen LogP contribution is -2.40. The third kappa shape index (κ3) is 5.60. The van der Waals surface area contributed by atoms with Gasteiger partial charge in [0.25, 0.3) is 10.0 Å². The maximum atomic E-state index is 13.3. The second kappa shape index (κ2) is 10.4. The molecule has 1 aliphatic heterocycles. The molecule has 37 heavy (non-hydrogen) atoms. The van der Waals surface area contributed by atoms with Crippen molar-refractivity contribution in [2.45, 2.75) is 23.6 Å². The van der Waals surface area contributed by atoms with Gasteiger partial charge in [0, 0.05) is 11.3 Å². The summed E-state index contributed by atoms with van der Waals surface area (Å²) in [7, 11) is -8.27. The molecule has 190 valence electrons. The number of carbonyl (C=O) groups excluding carboxylic acids is 1. The number of nitrogens with one attached hydrogen (secondary N) is 2. The molecule has 0 aromatic heterocycles. The Morgan fingerprint density at radius 1 is 0.838 bits per heavy atom. The van der Waals surface area contributed by atoms with Gasteiger partial charge in [0.2, 0.25) is 20.7 Å². The van der Waals surface area contributed by atoms with Crippen LogP contribution in [0.5, 0.6) is 0 Å². The molecule has 0 unspecified atom stereocenters. The second-order valence-corrected chi connectivity index (χ2v) is 11.6. The van der Waals surface area contributed by atoms with Crippen LogP contribution in [0.1, 0.15) is 24.2 Å². The van der Waals surface area contributed by atoms with E-state index in [1.807, 2.05) is 0 Å². The quantitative estimate of drug-likeness (QED) is 0.203. The Balaban J connectivity index is 1.64. The Morgan fingerprint density at radius 3 is 2.03 bits per heavy atom. The van der Waals surface area contributed by atoms with Crippen LogP contribution in [-0.4, -0.2) is 37.9 Å². The minimum atomic E-state index is -4.27. The normalized spacial score (nSPS) is 14.3. The number of nitrogens with zero attached hydrogens (tertiary/aromatic N) is 3. The molecule has 4 rings (SSSR count). The number of hydrazine groups is 1. The third-order valence-corrected chi connectivity index (χ3v) is 8.33. The van der Waals surface area contributed by atoms with E-state index in [1.54, 1.807) is 56.3 Å². The average molecular weight is 538 g/mol. The number of allylic oxidation sites excluding steroid dienone is 2. The highest BCUT2D eigenvalue weighted by Gasteiger charge is 2.30. The summed E-state index contributed by atoms with van der Waals surface area (Å²) >= 11 is 0. The zero-order chi connectivity index (χ0) is 26.6. The highest BCUT2D eigenvalue weighted by Crippen LogP contribution is 2.21. The van der Waals surface area contributed by atoms with E-state index < -0.39 is 30.7 Å². The fraction of sp³-hybridized carbons (Fsp3) is 0.0800. The molecule has 12 heteroatoms. The van der Waals surface area contributed by atoms with Crippen molar-refractivity contribution in [2.75, 3.05) is 5.43 Å². The van der Waals surface area contributed by atoms with E-state index in [0.717, 1.165) is 4.52 Å². The molecule has 1 aliphatic rings. The van der Waals surface area contributed by atoms with Gasteiger partial charge in [-0.25, -0.2) is 8.42 Å². The van der Waals surface area contributed by atoms with Gasteiger partial charge >= 0.3 is 0 Å². The predicted octanol–water partition coefficient (Wildman–Crippen LogP) is 3.56. The number of carbonyl (C=O) groups is 1. The third-order valence-electron chi connectivity index (χ3n) is 5.15. The Kier molecular flexibility index (Phi) is 7.23. The average Bonchev–Trinajstić information content (AvgIpc) is 2.89. The van der Waals surface area contributed by atoms with Crippen LogP contribution in [0.25, 0.3) is 0 Å². The zero-order valence-electron chi connectivity index (χ0n) is 19.9. The second-order valence-electron chi connectivity index (χ2n) is 7.99. The number of hydrazone groups is 2. The molecule has 0 bridgehead atoms. The van der Waals surface area contributed by atoms with Crippen LogP contribution in [0.4, 0.5) is 5.69 Å². The maximum absolute atomic E-state index is 13.3. The molecule has 0 saturated heterocycles. The van der Waals surface area contributed by atoms with E-state index in [4.69, 9.17) is 0 Å². The van der Waals surface area contributed by atoms with Crippen LogP contribution in [0.2, 0.25) is 0 Å². The topological polar surface area (TPSA) is 137 Å². The molecule has 0 aliphatic carbocycles. The standard InChI is InChI=1S/C25H23N5O5S2/c1-18-17-19(2)29-30(28-18)37(34,35)23-15-13-21(14-16-23)26-27-25(24(31)20-9-5-3-6-10-20)36(32,33)22-11-7-4-8-12-22/h3-17,26,28H,1-2H3/b27-25-. The molecule has 0 amide bonds. The van der Waals surface area contributed by atoms with Crippen LogP contribution >= 0.6 is 0 Å². The highest BCUT2D eigenvalue weighted by atomic mass is 32.2. The SMILES string of the molecule is CC1=CC(C)=NN(S(=O)(=O)c2ccc(N/N=C(/C(=O)c3ccccc3)S(=O)(=O)c3ccccc3)cc2)N1. The summed E-state index contributed by atoms with van der Waals surface area (Å²) in [4.78, 5) is 13.0. The van der Waals surface area contributed by atoms with Crippen molar-refractivity contribution in [3.63, 3.8) is 0 Å². The van der Waals surface area contributed by atoms with E-state index in [1.165, 1.54) is 48.5 Å². The lowest BCUT2D eigenvalue weighted by molar-refractivity contribution is 0.106. The van der Waals surface area contributed by atoms with Crippen LogP contribution < -0.4 is 10.9 Å². The molecule has 0 saturated carbocycles. The van der Waals surface area contributed by atoms with Crippen LogP contribution in [0, 0.1) is 0 Å². The van der Waals surface area contributed by atoms with Gasteiger partial charge in [-0.2, -0.15) is 13.5 Å². The molecule has 1 heterocycles. The van der Waals surface area contributed by atoms with Crippen molar-refractivity contribution in [2.24, 2.45) is 10.2 Å². The van der Waals surface area contributed by atoms with E-state index >= 15 is 0 Å². The maximum Gasteiger partial charge on any atom is 0.297 e. The fourth-order valence-electron chi connectivity index (χ4n) is 3.38. The largest absolute Gasteiger partial charge is 0.297 e. The van der Waals surface area contributed by atoms with Crippen molar-refractivity contribution in [3.05, 3.63) is 102 Å². The molecule has 0 atom stereocenters. The van der Waals surface area contributed by atoms with Crippen molar-refractivity contribution in [1.82, 2.24) is 9.95 Å². The van der Waals surface area contributed by atoms with Crippen LogP contribution in [-0.2, 0) is 19.9 Å². The molecule has 0 fully saturated rings. The van der Waals surface area contributed by atoms with Gasteiger partial charge in [-0.15, -0.1) is 5.10 Å². The van der Waals surface area contributed by atoms with E-state index in [0.29, 0.717) is 11.4 Å². The van der Waals surface area contributed by atoms with Crippen LogP contribution in [0.3, 0.4) is 0 Å². The molecular weight excluding hydrogens is 514 g/mol. The summed E-state index contributed by atoms with van der Waals surface area (Å²) in [6, 6.07) is 20.9. The molecule has 3 aromatic rings. The summed E-state index contributed by atoms with van der Waals surface area (Å²) < 4.78 is 53.2. The number of ketones is 1. The van der Waals surface area contributed by atoms with E-state index in [-0.39, 0.29) is 21.0 Å². The molecule has 0 spiro atoms. The Morgan fingerprint density at radius 2 is 1.43 bits per heavy atom. The molecular formula is C25H23N5O5S2. The van der Waals surface area contributed by atoms with Gasteiger partial charge in [-0.3, -0.25) is 15.6 Å². The summed E-state index contributed by atoms with van der Waals surface area (Å²) in [5.74, 6) is -0.788. The lowest BCUT2D eigenvalue weighted by atomic mass is 10.1. The Bertz CT molecular complexity index is 1620. The van der Waals surface area contributed by atoms with Gasteiger partial charge in [0.15, 0.2) is 0 Å². The zero-order valence-corrected chi connectivity index (χ0v) is 21.5. The van der Waals surface area contributed by atoms with Gasteiger partial charge in [0.05, 0.1) is 21.2 Å². The van der Waals surface area contributed by atoms with Crippen molar-refractivity contribution in [1.29, 1.82) is 0 Å². The van der Waals surface area contributed by atoms with E-state index in [2.05, 4.69) is 21.1 Å². The Labute approximate surface area is 215 Å². The van der Waals surface area contributed by atoms with Crippen molar-refractivity contribution < 1.29 is 21.6 Å². The smallest absolute Gasteiger partial charge is 0.286 e. The number of hydrogen-bond acceptors (Lipinski definition) is 9. The minimum Gasteiger partial charge on any atom is -0.286 e. The summed E-state index contributed by atoms with van der Waals surface area (Å²) in [5.41, 5.74) is 6.79. The first-order valence-electron chi connectivity index (χ1n) is 11.0. The van der Waals surface area contributed by atoms with Crippen LogP contribution in [0.15, 0.2) is 117 Å². The van der Waals surface area contributed by atoms with Crippen molar-refractivity contribution >= 4 is 42.1 Å². The Hall–Kier alpha value is -4.29. The fourth-order valence-corrected chi connectivity index (χ4v) is 5.83. The van der Waals surface area contributed by atoms with Gasteiger partial charge < -0.3 is 0 Å². The summed E-state index contributed by atoms with van der Waals surface area (Å²) in [6.07, 6.45) is 1.70. The highest BCUT2D eigenvalue weighted by molar-refractivity contribution is 8.08. The summed E-state index contributed by atoms with van der Waals surface area (Å²) in [6.45, 7) is 3.39. The predicted molar refractivity (Wildman–Crippen MR) is 141 cm³/mol. The first-order valence-corrected chi connectivity index (χ1v) is 13.9. The minimum absolute atomic E-state index is 0.0572. The number of anilines is 1. The summed E-state index contributed by atoms with van der Waals surface area (Å²) in [5, 5.41) is 7.24. The number of hydrogen-bond donors (Lipinski definition) is 2. The molecule has 0 radical (unpaired) electrons. The number of sulfone groups is 1. The van der Waals surface area contributed by atoms with E-state index in [9.17, 15) is 21.6 Å². The lowest BCUT2D eigenvalue weighted by Gasteiger charge is -2.24. The first kappa shape index (κ1) is 25.8. The van der Waals surface area contributed by atoms with Crippen molar-refractivity contribution in [3.8, 4) is 0 Å². The van der Waals surface area contributed by atoms with Gasteiger partial charge in [-0.1, -0.05) is 53.1 Å². The number of Topliss-reactive ketones (excluding diaryl/α,β-unsaturated/α-hetero) is 1. The first-order chi connectivity index (χ1) is 17.6. The monoisotopic (exact) mass is 537 g/mol. The molecule has 2 N–H and O–H groups in total.